The number of guanidine groups is 1. The summed E-state index contributed by atoms with van der Waals surface area (Å²) >= 11 is 0. The third kappa shape index (κ3) is 8.68. The van der Waals surface area contributed by atoms with Gasteiger partial charge in [0.05, 0.1) is 18.9 Å². The largest absolute Gasteiger partial charge is 0.381 e. The van der Waals surface area contributed by atoms with Crippen molar-refractivity contribution in [2.75, 3.05) is 39.5 Å². The number of ether oxygens (including phenoxy) is 2. The van der Waals surface area contributed by atoms with E-state index < -0.39 is 0 Å². The van der Waals surface area contributed by atoms with Gasteiger partial charge in [0.1, 0.15) is 6.54 Å². The van der Waals surface area contributed by atoms with Crippen molar-refractivity contribution >= 4 is 29.9 Å². The molecule has 1 aliphatic heterocycles. The Labute approximate surface area is 173 Å². The van der Waals surface area contributed by atoms with Crippen molar-refractivity contribution in [1.29, 1.82) is 0 Å². The molecule has 7 nitrogen and oxygen atoms in total. The summed E-state index contributed by atoms with van der Waals surface area (Å²) in [7, 11) is 0. The van der Waals surface area contributed by atoms with E-state index in [9.17, 15) is 0 Å². The van der Waals surface area contributed by atoms with Gasteiger partial charge >= 0.3 is 0 Å². The second-order valence-corrected chi connectivity index (χ2v) is 6.65. The number of nitrogens with one attached hydrogen (secondary N) is 2. The molecular weight excluding hydrogens is 447 g/mol. The van der Waals surface area contributed by atoms with Crippen LogP contribution in [0.4, 0.5) is 0 Å². The lowest BCUT2D eigenvalue weighted by Gasteiger charge is -2.12. The smallest absolute Gasteiger partial charge is 0.191 e. The third-order valence-corrected chi connectivity index (χ3v) is 4.04. The summed E-state index contributed by atoms with van der Waals surface area (Å²) in [6.45, 7) is 11.6. The Bertz CT molecular complexity index is 516. The van der Waals surface area contributed by atoms with Crippen LogP contribution in [0.15, 0.2) is 15.6 Å². The Morgan fingerprint density at radius 2 is 2.27 bits per heavy atom. The topological polar surface area (TPSA) is 80.9 Å². The van der Waals surface area contributed by atoms with Crippen LogP contribution in [0.5, 0.6) is 0 Å². The highest BCUT2D eigenvalue weighted by Crippen LogP contribution is 2.14. The Morgan fingerprint density at radius 1 is 1.42 bits per heavy atom. The molecule has 8 heteroatoms. The van der Waals surface area contributed by atoms with E-state index in [-0.39, 0.29) is 24.0 Å². The maximum Gasteiger partial charge on any atom is 0.191 e. The van der Waals surface area contributed by atoms with Gasteiger partial charge < -0.3 is 24.6 Å². The lowest BCUT2D eigenvalue weighted by molar-refractivity contribution is 0.0888. The zero-order valence-corrected chi connectivity index (χ0v) is 18.5. The number of hydrogen-bond donors (Lipinski definition) is 2. The number of rotatable bonds is 10. The fourth-order valence-electron chi connectivity index (χ4n) is 2.52. The molecule has 150 valence electrons. The number of hydrogen-bond acceptors (Lipinski definition) is 5. The summed E-state index contributed by atoms with van der Waals surface area (Å²) < 4.78 is 16.4. The molecule has 2 heterocycles. The second kappa shape index (κ2) is 13.3. The van der Waals surface area contributed by atoms with Gasteiger partial charge in [-0.2, -0.15) is 0 Å². The van der Waals surface area contributed by atoms with Crippen LogP contribution >= 0.6 is 24.0 Å². The highest BCUT2D eigenvalue weighted by molar-refractivity contribution is 14.0. The van der Waals surface area contributed by atoms with Crippen LogP contribution in [0.25, 0.3) is 0 Å². The van der Waals surface area contributed by atoms with Crippen molar-refractivity contribution in [3.8, 4) is 0 Å². The van der Waals surface area contributed by atoms with E-state index in [1.165, 1.54) is 0 Å². The van der Waals surface area contributed by atoms with Crippen LogP contribution in [0.2, 0.25) is 0 Å². The molecule has 0 spiro atoms. The molecule has 0 saturated carbocycles. The molecule has 0 bridgehead atoms. The van der Waals surface area contributed by atoms with Gasteiger partial charge in [0, 0.05) is 38.3 Å². The van der Waals surface area contributed by atoms with Gasteiger partial charge in [-0.25, -0.2) is 4.99 Å². The lowest BCUT2D eigenvalue weighted by Crippen LogP contribution is -2.38. The Kier molecular flexibility index (Phi) is 11.9. The van der Waals surface area contributed by atoms with Crippen LogP contribution in [0, 0.1) is 5.92 Å². The normalized spacial score (nSPS) is 17.4. The van der Waals surface area contributed by atoms with Crippen LogP contribution in [-0.2, 0) is 16.0 Å². The van der Waals surface area contributed by atoms with Gasteiger partial charge in [0.15, 0.2) is 11.7 Å². The summed E-state index contributed by atoms with van der Waals surface area (Å²) in [5, 5.41) is 10.6. The summed E-state index contributed by atoms with van der Waals surface area (Å²) in [4.78, 5) is 4.54. The lowest BCUT2D eigenvalue weighted by atomic mass is 10.1. The molecule has 2 N–H and O–H groups in total. The van der Waals surface area contributed by atoms with E-state index in [0.717, 1.165) is 69.8 Å². The monoisotopic (exact) mass is 480 g/mol. The molecule has 1 unspecified atom stereocenters. The molecule has 2 rings (SSSR count). The predicted octanol–water partition coefficient (Wildman–Crippen LogP) is 2.91. The van der Waals surface area contributed by atoms with E-state index in [1.54, 1.807) is 0 Å². The van der Waals surface area contributed by atoms with Gasteiger partial charge in [-0.3, -0.25) is 0 Å². The minimum Gasteiger partial charge on any atom is -0.381 e. The molecule has 1 aromatic heterocycles. The standard InChI is InChI=1S/C18H32N4O3.HI/c1-4-19-18(21-11-16-10-17(14(2)3)22-25-16)20-7-5-8-23-12-15-6-9-24-13-15;/h10,14-15H,4-9,11-13H2,1-3H3,(H2,19,20,21);1H. The number of nitrogens with zero attached hydrogens (tertiary/aromatic N) is 2. The Balaban J connectivity index is 0.00000338. The van der Waals surface area contributed by atoms with Crippen molar-refractivity contribution in [3.63, 3.8) is 0 Å². The summed E-state index contributed by atoms with van der Waals surface area (Å²) in [5.41, 5.74) is 0.966. The summed E-state index contributed by atoms with van der Waals surface area (Å²) in [6, 6.07) is 1.97. The van der Waals surface area contributed by atoms with Gasteiger partial charge in [-0.05, 0) is 25.7 Å². The van der Waals surface area contributed by atoms with Crippen LogP contribution in [-0.4, -0.2) is 50.6 Å². The Morgan fingerprint density at radius 3 is 2.92 bits per heavy atom. The van der Waals surface area contributed by atoms with Crippen LogP contribution in [0.3, 0.4) is 0 Å². The molecule has 26 heavy (non-hydrogen) atoms. The molecule has 1 atom stereocenters. The van der Waals surface area contributed by atoms with Gasteiger partial charge in [-0.1, -0.05) is 19.0 Å². The minimum atomic E-state index is 0. The Hall–Kier alpha value is -0.870. The molecular formula is C18H33IN4O3. The second-order valence-electron chi connectivity index (χ2n) is 6.65. The predicted molar refractivity (Wildman–Crippen MR) is 113 cm³/mol. The van der Waals surface area contributed by atoms with Crippen molar-refractivity contribution < 1.29 is 14.0 Å². The highest BCUT2D eigenvalue weighted by Gasteiger charge is 2.15. The van der Waals surface area contributed by atoms with Crippen molar-refractivity contribution in [3.05, 3.63) is 17.5 Å². The van der Waals surface area contributed by atoms with Crippen LogP contribution < -0.4 is 10.6 Å². The first-order chi connectivity index (χ1) is 12.2. The SMILES string of the molecule is CCNC(=NCc1cc(C(C)C)no1)NCCCOCC1CCOC1.I. The number of halogens is 1. The summed E-state index contributed by atoms with van der Waals surface area (Å²) in [5.74, 6) is 2.50. The average molecular weight is 480 g/mol. The van der Waals surface area contributed by atoms with E-state index in [2.05, 4.69) is 41.6 Å². The highest BCUT2D eigenvalue weighted by atomic mass is 127. The molecule has 1 saturated heterocycles. The van der Waals surface area contributed by atoms with Crippen molar-refractivity contribution in [1.82, 2.24) is 15.8 Å². The fourth-order valence-corrected chi connectivity index (χ4v) is 2.52. The molecule has 1 fully saturated rings. The molecule has 0 radical (unpaired) electrons. The van der Waals surface area contributed by atoms with Crippen molar-refractivity contribution in [2.24, 2.45) is 10.9 Å². The van der Waals surface area contributed by atoms with E-state index in [4.69, 9.17) is 14.0 Å². The molecule has 0 amide bonds. The van der Waals surface area contributed by atoms with E-state index in [0.29, 0.717) is 18.4 Å². The quantitative estimate of drug-likeness (QED) is 0.232. The average Bonchev–Trinajstić information content (AvgIpc) is 3.27. The molecule has 1 aromatic rings. The van der Waals surface area contributed by atoms with Gasteiger partial charge in [0.2, 0.25) is 0 Å². The zero-order valence-electron chi connectivity index (χ0n) is 16.1. The number of aromatic nitrogens is 1. The van der Waals surface area contributed by atoms with Crippen LogP contribution in [0.1, 0.15) is 51.0 Å². The maximum atomic E-state index is 5.71. The molecule has 1 aliphatic rings. The molecule has 0 aromatic carbocycles. The van der Waals surface area contributed by atoms with E-state index >= 15 is 0 Å². The van der Waals surface area contributed by atoms with E-state index in [1.807, 2.05) is 6.07 Å². The number of aliphatic imine (C=N–C) groups is 1. The first kappa shape index (κ1) is 23.2. The van der Waals surface area contributed by atoms with Gasteiger partial charge in [0.25, 0.3) is 0 Å². The van der Waals surface area contributed by atoms with Crippen molar-refractivity contribution in [2.45, 2.75) is 46.1 Å². The minimum absolute atomic E-state index is 0. The zero-order chi connectivity index (χ0) is 17.9. The fraction of sp³-hybridized carbons (Fsp3) is 0.778. The first-order valence-electron chi connectivity index (χ1n) is 9.32. The molecule has 0 aliphatic carbocycles. The summed E-state index contributed by atoms with van der Waals surface area (Å²) in [6.07, 6.45) is 2.06. The van der Waals surface area contributed by atoms with Gasteiger partial charge in [-0.15, -0.1) is 24.0 Å². The maximum absolute atomic E-state index is 5.71. The third-order valence-electron chi connectivity index (χ3n) is 4.04. The first-order valence-corrected chi connectivity index (χ1v) is 9.32.